The zero-order chi connectivity index (χ0) is 21.3. The van der Waals surface area contributed by atoms with E-state index in [1.807, 2.05) is 22.9 Å². The quantitative estimate of drug-likeness (QED) is 0.316. The molecule has 6 nitrogen and oxygen atoms in total. The second-order valence-electron chi connectivity index (χ2n) is 7.34. The number of hydrogen-bond donors (Lipinski definition) is 1. The number of hydrogen-bond acceptors (Lipinski definition) is 3. The molecule has 0 saturated carbocycles. The van der Waals surface area contributed by atoms with Crippen LogP contribution in [0.3, 0.4) is 0 Å². The number of aliphatic imine (C=N–C) groups is 1. The van der Waals surface area contributed by atoms with Crippen molar-refractivity contribution in [3.63, 3.8) is 0 Å². The summed E-state index contributed by atoms with van der Waals surface area (Å²) >= 11 is 0. The van der Waals surface area contributed by atoms with Crippen molar-refractivity contribution in [1.29, 1.82) is 0 Å². The fraction of sp³-hybridized carbons (Fsp3) is 0.391. The van der Waals surface area contributed by atoms with Crippen LogP contribution in [0, 0.1) is 5.82 Å². The Hall–Kier alpha value is -2.36. The van der Waals surface area contributed by atoms with Crippen molar-refractivity contribution in [2.24, 2.45) is 4.99 Å². The standard InChI is InChI=1S/C23H29FN4O2.HI/c1-25-23(27(2)13-14-30-21-10-4-3-9-20(21)24)26-16-18-7-5-8-19(15-18)17-28-12-6-11-22(28)29;/h3-5,7-10,15H,6,11-14,16-17H2,1-2H3,(H,25,26);1H. The first kappa shape index (κ1) is 24.9. The maximum Gasteiger partial charge on any atom is 0.222 e. The van der Waals surface area contributed by atoms with Crippen molar-refractivity contribution in [3.8, 4) is 5.75 Å². The molecule has 1 amide bonds. The molecule has 0 spiro atoms. The van der Waals surface area contributed by atoms with E-state index in [-0.39, 0.29) is 41.5 Å². The summed E-state index contributed by atoms with van der Waals surface area (Å²) in [4.78, 5) is 20.0. The van der Waals surface area contributed by atoms with E-state index < -0.39 is 0 Å². The highest BCUT2D eigenvalue weighted by Crippen LogP contribution is 2.16. The number of ether oxygens (including phenoxy) is 1. The van der Waals surface area contributed by atoms with Gasteiger partial charge in [0.25, 0.3) is 0 Å². The van der Waals surface area contributed by atoms with Crippen LogP contribution in [0.5, 0.6) is 5.75 Å². The number of nitrogens with one attached hydrogen (secondary N) is 1. The predicted octanol–water partition coefficient (Wildman–Crippen LogP) is 3.65. The van der Waals surface area contributed by atoms with Crippen LogP contribution in [-0.2, 0) is 17.9 Å². The number of likely N-dealkylation sites (tertiary alicyclic amines) is 1. The minimum atomic E-state index is -0.363. The van der Waals surface area contributed by atoms with Crippen molar-refractivity contribution in [2.75, 3.05) is 33.8 Å². The van der Waals surface area contributed by atoms with Gasteiger partial charge in [-0.05, 0) is 29.7 Å². The molecular formula is C23H30FIN4O2. The van der Waals surface area contributed by atoms with Crippen molar-refractivity contribution in [3.05, 3.63) is 65.5 Å². The highest BCUT2D eigenvalue weighted by Gasteiger charge is 2.20. The zero-order valence-electron chi connectivity index (χ0n) is 18.0. The molecule has 0 aromatic heterocycles. The molecular weight excluding hydrogens is 510 g/mol. The summed E-state index contributed by atoms with van der Waals surface area (Å²) in [5, 5.41) is 3.34. The fourth-order valence-electron chi connectivity index (χ4n) is 3.46. The van der Waals surface area contributed by atoms with Gasteiger partial charge < -0.3 is 19.9 Å². The summed E-state index contributed by atoms with van der Waals surface area (Å²) in [7, 11) is 3.64. The van der Waals surface area contributed by atoms with E-state index in [1.54, 1.807) is 25.2 Å². The summed E-state index contributed by atoms with van der Waals surface area (Å²) in [5.74, 6) is 0.853. The minimum Gasteiger partial charge on any atom is -0.489 e. The number of benzene rings is 2. The molecule has 1 saturated heterocycles. The van der Waals surface area contributed by atoms with E-state index in [1.165, 1.54) is 6.07 Å². The van der Waals surface area contributed by atoms with Crippen LogP contribution in [0.1, 0.15) is 24.0 Å². The molecule has 3 rings (SSSR count). The van der Waals surface area contributed by atoms with Gasteiger partial charge in [0.05, 0.1) is 6.54 Å². The maximum absolute atomic E-state index is 13.6. The van der Waals surface area contributed by atoms with Gasteiger partial charge in [-0.25, -0.2) is 4.39 Å². The number of guanidine groups is 1. The number of nitrogens with zero attached hydrogens (tertiary/aromatic N) is 3. The van der Waals surface area contributed by atoms with Crippen molar-refractivity contribution < 1.29 is 13.9 Å². The summed E-state index contributed by atoms with van der Waals surface area (Å²) < 4.78 is 19.2. The molecule has 0 atom stereocenters. The van der Waals surface area contributed by atoms with E-state index in [0.29, 0.717) is 32.7 Å². The van der Waals surface area contributed by atoms with Crippen LogP contribution in [0.2, 0.25) is 0 Å². The van der Waals surface area contributed by atoms with Crippen molar-refractivity contribution in [1.82, 2.24) is 15.1 Å². The molecule has 1 aliphatic rings. The van der Waals surface area contributed by atoms with E-state index in [9.17, 15) is 9.18 Å². The number of carbonyl (C=O) groups is 1. The second kappa shape index (κ2) is 12.5. The lowest BCUT2D eigenvalue weighted by Gasteiger charge is -2.22. The van der Waals surface area contributed by atoms with Crippen LogP contribution in [0.15, 0.2) is 53.5 Å². The van der Waals surface area contributed by atoms with E-state index in [2.05, 4.69) is 28.5 Å². The molecule has 2 aromatic rings. The van der Waals surface area contributed by atoms with E-state index >= 15 is 0 Å². The average molecular weight is 540 g/mol. The third-order valence-electron chi connectivity index (χ3n) is 5.08. The van der Waals surface area contributed by atoms with Gasteiger partial charge in [-0.3, -0.25) is 9.79 Å². The first-order chi connectivity index (χ1) is 14.6. The Labute approximate surface area is 200 Å². The lowest BCUT2D eigenvalue weighted by molar-refractivity contribution is -0.128. The monoisotopic (exact) mass is 540 g/mol. The summed E-state index contributed by atoms with van der Waals surface area (Å²) in [6.45, 7) is 3.03. The van der Waals surface area contributed by atoms with Crippen LogP contribution >= 0.6 is 24.0 Å². The highest BCUT2D eigenvalue weighted by atomic mass is 127. The second-order valence-corrected chi connectivity index (χ2v) is 7.34. The molecule has 0 radical (unpaired) electrons. The number of halogens is 2. The number of para-hydroxylation sites is 1. The summed E-state index contributed by atoms with van der Waals surface area (Å²) in [6.07, 6.45) is 1.61. The first-order valence-corrected chi connectivity index (χ1v) is 10.2. The van der Waals surface area contributed by atoms with Crippen LogP contribution in [0.4, 0.5) is 4.39 Å². The number of likely N-dealkylation sites (N-methyl/N-ethyl adjacent to an activating group) is 1. The Morgan fingerprint density at radius 2 is 2.00 bits per heavy atom. The van der Waals surface area contributed by atoms with Gasteiger partial charge in [0.15, 0.2) is 17.5 Å². The Bertz CT molecular complexity index is 893. The van der Waals surface area contributed by atoms with Crippen molar-refractivity contribution in [2.45, 2.75) is 25.9 Å². The van der Waals surface area contributed by atoms with Crippen LogP contribution < -0.4 is 10.1 Å². The van der Waals surface area contributed by atoms with Gasteiger partial charge in [0, 0.05) is 40.2 Å². The Morgan fingerprint density at radius 3 is 2.71 bits per heavy atom. The lowest BCUT2D eigenvalue weighted by atomic mass is 10.1. The Morgan fingerprint density at radius 1 is 1.23 bits per heavy atom. The normalized spacial score (nSPS) is 13.7. The smallest absolute Gasteiger partial charge is 0.222 e. The fourth-order valence-corrected chi connectivity index (χ4v) is 3.46. The largest absolute Gasteiger partial charge is 0.489 e. The molecule has 0 unspecified atom stereocenters. The molecule has 8 heteroatoms. The van der Waals surface area contributed by atoms with Gasteiger partial charge in [0.2, 0.25) is 5.91 Å². The minimum absolute atomic E-state index is 0. The molecule has 0 aliphatic carbocycles. The molecule has 1 fully saturated rings. The van der Waals surface area contributed by atoms with Gasteiger partial charge in [-0.15, -0.1) is 24.0 Å². The first-order valence-electron chi connectivity index (χ1n) is 10.2. The predicted molar refractivity (Wildman–Crippen MR) is 131 cm³/mol. The number of amides is 1. The average Bonchev–Trinajstić information content (AvgIpc) is 3.14. The molecule has 1 aliphatic heterocycles. The number of rotatable bonds is 8. The molecule has 168 valence electrons. The topological polar surface area (TPSA) is 57.2 Å². The zero-order valence-corrected chi connectivity index (χ0v) is 20.3. The summed E-state index contributed by atoms with van der Waals surface area (Å²) in [6, 6.07) is 14.6. The van der Waals surface area contributed by atoms with Gasteiger partial charge in [-0.2, -0.15) is 0 Å². The highest BCUT2D eigenvalue weighted by molar-refractivity contribution is 14.0. The molecule has 1 heterocycles. The summed E-state index contributed by atoms with van der Waals surface area (Å²) in [5.41, 5.74) is 2.25. The molecule has 1 N–H and O–H groups in total. The molecule has 31 heavy (non-hydrogen) atoms. The van der Waals surface area contributed by atoms with Gasteiger partial charge in [0.1, 0.15) is 6.61 Å². The lowest BCUT2D eigenvalue weighted by Crippen LogP contribution is -2.40. The Kier molecular flexibility index (Phi) is 10.0. The van der Waals surface area contributed by atoms with Crippen molar-refractivity contribution >= 4 is 35.8 Å². The van der Waals surface area contributed by atoms with Gasteiger partial charge in [-0.1, -0.05) is 36.4 Å². The third-order valence-corrected chi connectivity index (χ3v) is 5.08. The molecule has 2 aromatic carbocycles. The maximum atomic E-state index is 13.6. The van der Waals surface area contributed by atoms with E-state index in [4.69, 9.17) is 4.74 Å². The molecule has 0 bridgehead atoms. The number of carbonyl (C=O) groups excluding carboxylic acids is 1. The van der Waals surface area contributed by atoms with Crippen LogP contribution in [-0.4, -0.2) is 55.5 Å². The SMILES string of the molecule is CN=C(NCc1cccc(CN2CCCC2=O)c1)N(C)CCOc1ccccc1F.I. The van der Waals surface area contributed by atoms with E-state index in [0.717, 1.165) is 30.1 Å². The Balaban J connectivity index is 0.00000341. The third kappa shape index (κ3) is 7.37. The van der Waals surface area contributed by atoms with Gasteiger partial charge >= 0.3 is 0 Å². The van der Waals surface area contributed by atoms with Crippen LogP contribution in [0.25, 0.3) is 0 Å².